The van der Waals surface area contributed by atoms with Gasteiger partial charge in [-0.25, -0.2) is 4.39 Å². The summed E-state index contributed by atoms with van der Waals surface area (Å²) < 4.78 is 20.7. The Labute approximate surface area is 200 Å². The topological polar surface area (TPSA) is 45.6 Å². The molecule has 1 aromatic heterocycles. The molecule has 0 saturated carbocycles. The second-order valence-corrected chi connectivity index (χ2v) is 9.95. The number of thioether (sulfide) groups is 1. The first-order valence-electron chi connectivity index (χ1n) is 11.8. The van der Waals surface area contributed by atoms with Crippen molar-refractivity contribution in [2.24, 2.45) is 11.8 Å². The number of piperidine rings is 1. The van der Waals surface area contributed by atoms with E-state index in [0.717, 1.165) is 49.1 Å². The molecule has 6 heteroatoms. The molecule has 0 unspecified atom stereocenters. The number of fused-ring (bicyclic) bond motifs is 1. The minimum absolute atomic E-state index is 0.166. The molecule has 33 heavy (non-hydrogen) atoms. The quantitative estimate of drug-likeness (QED) is 0.384. The number of nitrogens with zero attached hydrogens (tertiary/aromatic N) is 2. The fourth-order valence-corrected chi connectivity index (χ4v) is 5.75. The molecule has 4 nitrogen and oxygen atoms in total. The van der Waals surface area contributed by atoms with Gasteiger partial charge in [-0.1, -0.05) is 18.2 Å². The number of aliphatic hydroxyl groups excluding tert-OH is 1. The highest BCUT2D eigenvalue weighted by Crippen LogP contribution is 2.35. The van der Waals surface area contributed by atoms with E-state index in [-0.39, 0.29) is 12.5 Å². The van der Waals surface area contributed by atoms with Crippen molar-refractivity contribution >= 4 is 22.7 Å². The van der Waals surface area contributed by atoms with Gasteiger partial charge in [-0.2, -0.15) is 0 Å². The predicted octanol–water partition coefficient (Wildman–Crippen LogP) is 5.76. The zero-order valence-corrected chi connectivity index (χ0v) is 20.0. The third-order valence-corrected chi connectivity index (χ3v) is 7.73. The summed E-state index contributed by atoms with van der Waals surface area (Å²) in [5.74, 6) is 2.32. The first-order chi connectivity index (χ1) is 16.2. The highest BCUT2D eigenvalue weighted by Gasteiger charge is 2.29. The maximum absolute atomic E-state index is 15.3. The molecule has 1 N–H and O–H groups in total. The van der Waals surface area contributed by atoms with Gasteiger partial charge >= 0.3 is 0 Å². The number of aromatic nitrogens is 1. The Morgan fingerprint density at radius 3 is 2.82 bits per heavy atom. The van der Waals surface area contributed by atoms with Crippen molar-refractivity contribution in [2.75, 3.05) is 39.1 Å². The summed E-state index contributed by atoms with van der Waals surface area (Å²) >= 11 is 1.87. The summed E-state index contributed by atoms with van der Waals surface area (Å²) in [6.07, 6.45) is 2.88. The molecule has 3 atom stereocenters. The molecule has 0 aliphatic carbocycles. The van der Waals surface area contributed by atoms with E-state index < -0.39 is 6.17 Å². The van der Waals surface area contributed by atoms with Crippen molar-refractivity contribution in [1.82, 2.24) is 9.88 Å². The second-order valence-electron chi connectivity index (χ2n) is 8.78. The first kappa shape index (κ1) is 24.0. The molecule has 1 saturated heterocycles. The molecule has 1 aliphatic heterocycles. The van der Waals surface area contributed by atoms with Crippen LogP contribution in [0.4, 0.5) is 4.39 Å². The van der Waals surface area contributed by atoms with Crippen LogP contribution in [0.15, 0.2) is 65.7 Å². The smallest absolute Gasteiger partial charge is 0.126 e. The maximum Gasteiger partial charge on any atom is 0.126 e. The van der Waals surface area contributed by atoms with E-state index in [0.29, 0.717) is 23.7 Å². The Morgan fingerprint density at radius 2 is 2.03 bits per heavy atom. The lowest BCUT2D eigenvalue weighted by molar-refractivity contribution is 0.0672. The lowest BCUT2D eigenvalue weighted by atomic mass is 9.81. The molecular formula is C27H33FN2O2S. The van der Waals surface area contributed by atoms with Crippen molar-refractivity contribution in [3.05, 3.63) is 66.4 Å². The number of methoxy groups -OCH3 is 1. The summed E-state index contributed by atoms with van der Waals surface area (Å²) in [5.41, 5.74) is 1.46. The van der Waals surface area contributed by atoms with Crippen LogP contribution in [0, 0.1) is 11.8 Å². The third kappa shape index (κ3) is 6.25. The first-order valence-corrected chi connectivity index (χ1v) is 12.7. The number of pyridine rings is 1. The van der Waals surface area contributed by atoms with Crippen LogP contribution in [0.2, 0.25) is 0 Å². The van der Waals surface area contributed by atoms with E-state index in [9.17, 15) is 5.11 Å². The number of rotatable bonds is 10. The summed E-state index contributed by atoms with van der Waals surface area (Å²) in [7, 11) is 1.62. The lowest BCUT2D eigenvalue weighted by Crippen LogP contribution is -2.43. The Hall–Kier alpha value is -2.15. The second kappa shape index (κ2) is 11.8. The number of benzene rings is 2. The molecule has 176 valence electrons. The van der Waals surface area contributed by atoms with Gasteiger partial charge in [-0.05, 0) is 79.6 Å². The SMILES string of the molecule is COc1ccc2nccc([C@H](F)CC[C@@H]3CCN(CCSc4ccccc4)C[C@@H]3CO)c2c1. The van der Waals surface area contributed by atoms with E-state index in [2.05, 4.69) is 34.1 Å². The summed E-state index contributed by atoms with van der Waals surface area (Å²) in [6.45, 7) is 3.09. The summed E-state index contributed by atoms with van der Waals surface area (Å²) in [4.78, 5) is 8.10. The number of alkyl halides is 1. The van der Waals surface area contributed by atoms with Crippen molar-refractivity contribution < 1.29 is 14.2 Å². The van der Waals surface area contributed by atoms with Crippen LogP contribution >= 0.6 is 11.8 Å². The van der Waals surface area contributed by atoms with Crippen LogP contribution in [0.1, 0.15) is 31.0 Å². The monoisotopic (exact) mass is 468 g/mol. The van der Waals surface area contributed by atoms with Crippen molar-refractivity contribution in [3.63, 3.8) is 0 Å². The number of halogens is 1. The van der Waals surface area contributed by atoms with Crippen LogP contribution in [0.25, 0.3) is 10.9 Å². The number of hydrogen-bond acceptors (Lipinski definition) is 5. The van der Waals surface area contributed by atoms with E-state index in [1.165, 1.54) is 4.90 Å². The van der Waals surface area contributed by atoms with Gasteiger partial charge in [0.1, 0.15) is 11.9 Å². The third-order valence-electron chi connectivity index (χ3n) is 6.74. The average molecular weight is 469 g/mol. The van der Waals surface area contributed by atoms with Gasteiger partial charge in [0.05, 0.1) is 12.6 Å². The van der Waals surface area contributed by atoms with Crippen LogP contribution in [-0.4, -0.2) is 54.1 Å². The van der Waals surface area contributed by atoms with Crippen molar-refractivity contribution in [3.8, 4) is 5.75 Å². The van der Waals surface area contributed by atoms with Gasteiger partial charge in [-0.15, -0.1) is 11.8 Å². The van der Waals surface area contributed by atoms with Gasteiger partial charge in [0, 0.05) is 41.9 Å². The van der Waals surface area contributed by atoms with Gasteiger partial charge in [0.2, 0.25) is 0 Å². The fourth-order valence-electron chi connectivity index (χ4n) is 4.82. The van der Waals surface area contributed by atoms with Crippen LogP contribution in [0.3, 0.4) is 0 Å². The van der Waals surface area contributed by atoms with Gasteiger partial charge in [-0.3, -0.25) is 4.98 Å². The van der Waals surface area contributed by atoms with E-state index in [1.54, 1.807) is 19.4 Å². The minimum Gasteiger partial charge on any atom is -0.497 e. The lowest BCUT2D eigenvalue weighted by Gasteiger charge is -2.38. The molecule has 0 spiro atoms. The van der Waals surface area contributed by atoms with E-state index in [4.69, 9.17) is 4.74 Å². The fraction of sp³-hybridized carbons (Fsp3) is 0.444. The largest absolute Gasteiger partial charge is 0.497 e. The van der Waals surface area contributed by atoms with Crippen molar-refractivity contribution in [1.29, 1.82) is 0 Å². The number of hydrogen-bond donors (Lipinski definition) is 1. The highest BCUT2D eigenvalue weighted by atomic mass is 32.2. The van der Waals surface area contributed by atoms with Crippen molar-refractivity contribution in [2.45, 2.75) is 30.3 Å². The Bertz CT molecular complexity index is 1020. The van der Waals surface area contributed by atoms with Gasteiger partial charge in [0.25, 0.3) is 0 Å². The van der Waals surface area contributed by atoms with E-state index in [1.807, 2.05) is 36.0 Å². The Morgan fingerprint density at radius 1 is 1.18 bits per heavy atom. The number of likely N-dealkylation sites (tertiary alicyclic amines) is 1. The molecule has 2 aromatic carbocycles. The van der Waals surface area contributed by atoms with Crippen LogP contribution < -0.4 is 4.74 Å². The average Bonchev–Trinajstić information content (AvgIpc) is 2.87. The number of ether oxygens (including phenoxy) is 1. The molecule has 0 bridgehead atoms. The number of aliphatic hydroxyl groups is 1. The Kier molecular flexibility index (Phi) is 8.59. The molecule has 0 amide bonds. The molecule has 2 heterocycles. The van der Waals surface area contributed by atoms with Crippen LogP contribution in [-0.2, 0) is 0 Å². The molecular weight excluding hydrogens is 435 g/mol. The van der Waals surface area contributed by atoms with Gasteiger partial charge in [0.15, 0.2) is 0 Å². The molecule has 0 radical (unpaired) electrons. The van der Waals surface area contributed by atoms with Gasteiger partial charge < -0.3 is 14.7 Å². The molecule has 1 aliphatic rings. The zero-order chi connectivity index (χ0) is 23.0. The molecule has 3 aromatic rings. The van der Waals surface area contributed by atoms with Crippen LogP contribution in [0.5, 0.6) is 5.75 Å². The highest BCUT2D eigenvalue weighted by molar-refractivity contribution is 7.99. The molecule has 1 fully saturated rings. The normalized spacial score (nSPS) is 20.1. The Balaban J connectivity index is 1.30. The predicted molar refractivity (Wildman–Crippen MR) is 134 cm³/mol. The standard InChI is InChI=1S/C27H33FN2O2S/c1-32-22-8-10-27-25(17-22)24(11-13-29-27)26(28)9-7-20-12-14-30(18-21(20)19-31)15-16-33-23-5-3-2-4-6-23/h2-6,8,10-11,13,17,20-21,26,31H,7,9,12,14-16,18-19H2,1H3/t20-,21-,26-/m1/s1. The minimum atomic E-state index is -1.05. The molecule has 4 rings (SSSR count). The maximum atomic E-state index is 15.3. The van der Waals surface area contributed by atoms with E-state index >= 15 is 4.39 Å². The summed E-state index contributed by atoms with van der Waals surface area (Å²) in [6, 6.07) is 17.8. The zero-order valence-electron chi connectivity index (χ0n) is 19.2. The summed E-state index contributed by atoms with van der Waals surface area (Å²) in [5, 5.41) is 10.8.